The maximum absolute atomic E-state index is 12.5. The van der Waals surface area contributed by atoms with Crippen LogP contribution in [-0.2, 0) is 11.3 Å². The zero-order chi connectivity index (χ0) is 15.5. The molecule has 112 valence electrons. The number of ether oxygens (including phenoxy) is 1. The average Bonchev–Trinajstić information content (AvgIpc) is 2.54. The lowest BCUT2D eigenvalue weighted by molar-refractivity contribution is -0.126. The molecule has 1 aromatic heterocycles. The minimum absolute atomic E-state index is 0.0607. The van der Waals surface area contributed by atoms with Gasteiger partial charge in [0.2, 0.25) is 0 Å². The lowest BCUT2D eigenvalue weighted by Crippen LogP contribution is -2.30. The summed E-state index contributed by atoms with van der Waals surface area (Å²) >= 11 is 5.99. The maximum atomic E-state index is 12.5. The van der Waals surface area contributed by atoms with E-state index in [2.05, 4.69) is 4.98 Å². The van der Waals surface area contributed by atoms with Gasteiger partial charge in [0.1, 0.15) is 12.4 Å². The number of benzene rings is 1. The fourth-order valence-electron chi connectivity index (χ4n) is 2.35. The molecule has 0 fully saturated rings. The molecule has 0 radical (unpaired) electrons. The molecule has 0 N–H and O–H groups in total. The molecule has 1 aliphatic rings. The third-order valence-electron chi connectivity index (χ3n) is 3.45. The molecule has 5 heteroatoms. The average molecular weight is 315 g/mol. The van der Waals surface area contributed by atoms with Crippen molar-refractivity contribution in [2.24, 2.45) is 0 Å². The molecule has 0 atom stereocenters. The normalized spacial score (nSPS) is 12.9. The van der Waals surface area contributed by atoms with E-state index in [1.807, 2.05) is 24.3 Å². The van der Waals surface area contributed by atoms with Gasteiger partial charge in [0.25, 0.3) is 5.91 Å². The molecule has 0 saturated heterocycles. The largest absolute Gasteiger partial charge is 0.488 e. The number of hydrogen-bond acceptors (Lipinski definition) is 3. The Morgan fingerprint density at radius 2 is 2.27 bits per heavy atom. The van der Waals surface area contributed by atoms with Crippen LogP contribution >= 0.6 is 11.6 Å². The predicted octanol–water partition coefficient (Wildman–Crippen LogP) is 3.17. The van der Waals surface area contributed by atoms with Gasteiger partial charge in [0.15, 0.2) is 0 Å². The second kappa shape index (κ2) is 6.20. The number of carbonyl (C=O) groups is 1. The topological polar surface area (TPSA) is 42.4 Å². The first kappa shape index (κ1) is 14.6. The number of fused-ring (bicyclic) bond motifs is 1. The second-order valence-electron chi connectivity index (χ2n) is 5.16. The Balaban J connectivity index is 1.78. The number of hydrogen-bond donors (Lipinski definition) is 0. The summed E-state index contributed by atoms with van der Waals surface area (Å²) in [4.78, 5) is 18.2. The molecular weight excluding hydrogens is 300 g/mol. The van der Waals surface area contributed by atoms with Gasteiger partial charge in [-0.05, 0) is 35.9 Å². The molecule has 0 bridgehead atoms. The Kier molecular flexibility index (Phi) is 4.11. The Morgan fingerprint density at radius 1 is 1.41 bits per heavy atom. The van der Waals surface area contributed by atoms with E-state index in [0.29, 0.717) is 17.1 Å². The third kappa shape index (κ3) is 3.12. The Labute approximate surface area is 134 Å². The highest BCUT2D eigenvalue weighted by atomic mass is 35.5. The fraction of sp³-hybridized carbons (Fsp3) is 0.176. The van der Waals surface area contributed by atoms with Crippen LogP contribution in [0, 0.1) is 0 Å². The van der Waals surface area contributed by atoms with Crippen LogP contribution in [0.25, 0.3) is 6.08 Å². The highest BCUT2D eigenvalue weighted by molar-refractivity contribution is 6.30. The number of pyridine rings is 1. The van der Waals surface area contributed by atoms with E-state index in [0.717, 1.165) is 16.9 Å². The summed E-state index contributed by atoms with van der Waals surface area (Å²) < 4.78 is 5.63. The van der Waals surface area contributed by atoms with Crippen LogP contribution in [0.3, 0.4) is 0 Å². The van der Waals surface area contributed by atoms with Crippen molar-refractivity contribution in [3.63, 3.8) is 0 Å². The highest BCUT2D eigenvalue weighted by Gasteiger charge is 2.20. The Hall–Kier alpha value is -2.33. The van der Waals surface area contributed by atoms with Gasteiger partial charge >= 0.3 is 0 Å². The molecule has 3 rings (SSSR count). The smallest absolute Gasteiger partial charge is 0.253 e. The van der Waals surface area contributed by atoms with Gasteiger partial charge in [0.05, 0.1) is 5.57 Å². The molecule has 4 nitrogen and oxygen atoms in total. The quantitative estimate of drug-likeness (QED) is 0.874. The predicted molar refractivity (Wildman–Crippen MR) is 85.6 cm³/mol. The first-order valence-corrected chi connectivity index (χ1v) is 7.28. The Bertz CT molecular complexity index is 729. The minimum Gasteiger partial charge on any atom is -0.488 e. The summed E-state index contributed by atoms with van der Waals surface area (Å²) in [6, 6.07) is 9.18. The molecule has 22 heavy (non-hydrogen) atoms. The summed E-state index contributed by atoms with van der Waals surface area (Å²) in [6.07, 6.45) is 5.31. The van der Waals surface area contributed by atoms with E-state index in [4.69, 9.17) is 16.3 Å². The molecule has 1 amide bonds. The third-order valence-corrected chi connectivity index (χ3v) is 3.68. The van der Waals surface area contributed by atoms with Crippen molar-refractivity contribution in [2.75, 3.05) is 13.7 Å². The number of likely N-dealkylation sites (N-methyl/N-ethyl adjacent to an activating group) is 1. The van der Waals surface area contributed by atoms with E-state index >= 15 is 0 Å². The van der Waals surface area contributed by atoms with Crippen LogP contribution in [0.15, 0.2) is 48.3 Å². The summed E-state index contributed by atoms with van der Waals surface area (Å²) in [7, 11) is 1.77. The van der Waals surface area contributed by atoms with Gasteiger partial charge in [-0.15, -0.1) is 0 Å². The van der Waals surface area contributed by atoms with Gasteiger partial charge in [-0.25, -0.2) is 0 Å². The first-order valence-electron chi connectivity index (χ1n) is 6.91. The van der Waals surface area contributed by atoms with Gasteiger partial charge in [-0.1, -0.05) is 17.7 Å². The van der Waals surface area contributed by atoms with Crippen molar-refractivity contribution < 1.29 is 9.53 Å². The summed E-state index contributed by atoms with van der Waals surface area (Å²) in [6.45, 7) is 0.775. The zero-order valence-electron chi connectivity index (χ0n) is 12.1. The van der Waals surface area contributed by atoms with Crippen LogP contribution in [0.4, 0.5) is 0 Å². The van der Waals surface area contributed by atoms with Crippen LogP contribution in [0.2, 0.25) is 5.02 Å². The summed E-state index contributed by atoms with van der Waals surface area (Å²) in [5.74, 6) is 0.686. The second-order valence-corrected chi connectivity index (χ2v) is 5.60. The van der Waals surface area contributed by atoms with Crippen molar-refractivity contribution in [1.82, 2.24) is 9.88 Å². The van der Waals surface area contributed by atoms with E-state index in [1.54, 1.807) is 36.5 Å². The Morgan fingerprint density at radius 3 is 3.05 bits per heavy atom. The number of carbonyl (C=O) groups excluding carboxylic acids is 1. The molecule has 0 unspecified atom stereocenters. The van der Waals surface area contributed by atoms with Crippen molar-refractivity contribution >= 4 is 23.6 Å². The molecule has 0 spiro atoms. The molecule has 2 aromatic rings. The minimum atomic E-state index is -0.0607. The van der Waals surface area contributed by atoms with E-state index < -0.39 is 0 Å². The lowest BCUT2D eigenvalue weighted by Gasteiger charge is -2.22. The van der Waals surface area contributed by atoms with Gasteiger partial charge < -0.3 is 9.64 Å². The van der Waals surface area contributed by atoms with E-state index in [9.17, 15) is 4.79 Å². The first-order chi connectivity index (χ1) is 10.6. The zero-order valence-corrected chi connectivity index (χ0v) is 12.9. The lowest BCUT2D eigenvalue weighted by atomic mass is 10.1. The van der Waals surface area contributed by atoms with Crippen LogP contribution in [0.5, 0.6) is 5.75 Å². The maximum Gasteiger partial charge on any atom is 0.253 e. The van der Waals surface area contributed by atoms with Crippen molar-refractivity contribution in [3.05, 3.63) is 64.4 Å². The van der Waals surface area contributed by atoms with E-state index in [-0.39, 0.29) is 12.5 Å². The molecule has 0 saturated carbocycles. The highest BCUT2D eigenvalue weighted by Crippen LogP contribution is 2.29. The molecular formula is C17H15ClN2O2. The van der Waals surface area contributed by atoms with Gasteiger partial charge in [-0.3, -0.25) is 9.78 Å². The number of aromatic nitrogens is 1. The van der Waals surface area contributed by atoms with Crippen molar-refractivity contribution in [3.8, 4) is 5.75 Å². The van der Waals surface area contributed by atoms with Crippen LogP contribution < -0.4 is 4.74 Å². The molecule has 2 heterocycles. The summed E-state index contributed by atoms with van der Waals surface area (Å²) in [5.41, 5.74) is 2.43. The molecule has 1 aliphatic heterocycles. The van der Waals surface area contributed by atoms with Gasteiger partial charge in [-0.2, -0.15) is 0 Å². The van der Waals surface area contributed by atoms with Crippen LogP contribution in [0.1, 0.15) is 11.1 Å². The standard InChI is InChI=1S/C17H15ClN2O2/c1-20(10-12-3-2-6-19-9-12)17(21)14-7-13-8-15(18)4-5-16(13)22-11-14/h2-9H,10-11H2,1H3. The SMILES string of the molecule is CN(Cc1cccnc1)C(=O)C1=Cc2cc(Cl)ccc2OC1. The summed E-state index contributed by atoms with van der Waals surface area (Å²) in [5, 5.41) is 0.621. The number of amides is 1. The monoisotopic (exact) mass is 314 g/mol. The molecule has 1 aromatic carbocycles. The van der Waals surface area contributed by atoms with Crippen molar-refractivity contribution in [2.45, 2.75) is 6.54 Å². The van der Waals surface area contributed by atoms with Gasteiger partial charge in [0, 0.05) is 36.6 Å². The van der Waals surface area contributed by atoms with Crippen LogP contribution in [-0.4, -0.2) is 29.4 Å². The number of nitrogens with zero attached hydrogens (tertiary/aromatic N) is 2. The number of halogens is 1. The number of rotatable bonds is 3. The van der Waals surface area contributed by atoms with Crippen molar-refractivity contribution in [1.29, 1.82) is 0 Å². The molecule has 0 aliphatic carbocycles. The van der Waals surface area contributed by atoms with E-state index in [1.165, 1.54) is 0 Å². The fourth-order valence-corrected chi connectivity index (χ4v) is 2.53.